The molecule has 104 valence electrons. The number of nitrogens with one attached hydrogen (secondary N) is 1. The van der Waals surface area contributed by atoms with Crippen LogP contribution in [0, 0.1) is 6.92 Å². The lowest BCUT2D eigenvalue weighted by Crippen LogP contribution is -2.17. The first kappa shape index (κ1) is 14.1. The van der Waals surface area contributed by atoms with Crippen molar-refractivity contribution >= 4 is 16.5 Å². The maximum Gasteiger partial charge on any atom is 0.185 e. The fourth-order valence-corrected chi connectivity index (χ4v) is 2.86. The van der Waals surface area contributed by atoms with Gasteiger partial charge in [0.2, 0.25) is 0 Å². The molecule has 5 heteroatoms. The van der Waals surface area contributed by atoms with Gasteiger partial charge >= 0.3 is 0 Å². The highest BCUT2D eigenvalue weighted by Crippen LogP contribution is 2.27. The Morgan fingerprint density at radius 1 is 1.53 bits per heavy atom. The van der Waals surface area contributed by atoms with Crippen LogP contribution in [-0.4, -0.2) is 18.6 Å². The molecule has 2 aromatic heterocycles. The van der Waals surface area contributed by atoms with E-state index < -0.39 is 0 Å². The predicted molar refractivity (Wildman–Crippen MR) is 79.8 cm³/mol. The third-order valence-electron chi connectivity index (χ3n) is 3.15. The quantitative estimate of drug-likeness (QED) is 0.880. The second-order valence-electron chi connectivity index (χ2n) is 4.68. The second kappa shape index (κ2) is 6.21. The Morgan fingerprint density at radius 3 is 2.95 bits per heavy atom. The molecular weight excluding hydrogens is 258 g/mol. The molecule has 0 bridgehead atoms. The van der Waals surface area contributed by atoms with E-state index in [1.54, 1.807) is 17.6 Å². The fourth-order valence-electron chi connectivity index (χ4n) is 1.96. The van der Waals surface area contributed by atoms with Crippen LogP contribution in [-0.2, 0) is 6.54 Å². The minimum Gasteiger partial charge on any atom is -0.469 e. The van der Waals surface area contributed by atoms with E-state index in [0.717, 1.165) is 24.0 Å². The van der Waals surface area contributed by atoms with Gasteiger partial charge in [0.15, 0.2) is 5.13 Å². The van der Waals surface area contributed by atoms with Crippen molar-refractivity contribution in [2.75, 3.05) is 18.5 Å². The molecule has 0 aliphatic carbocycles. The van der Waals surface area contributed by atoms with Crippen molar-refractivity contribution in [3.8, 4) is 0 Å². The highest BCUT2D eigenvalue weighted by molar-refractivity contribution is 7.15. The lowest BCUT2D eigenvalue weighted by Gasteiger charge is -2.15. The number of rotatable bonds is 6. The monoisotopic (exact) mass is 279 g/mol. The first-order chi connectivity index (χ1) is 9.11. The minimum atomic E-state index is 0.361. The van der Waals surface area contributed by atoms with Crippen molar-refractivity contribution in [1.29, 1.82) is 0 Å². The Labute approximate surface area is 118 Å². The predicted octanol–water partition coefficient (Wildman–Crippen LogP) is 3.35. The van der Waals surface area contributed by atoms with E-state index in [2.05, 4.69) is 36.1 Å². The van der Waals surface area contributed by atoms with Crippen molar-refractivity contribution in [3.63, 3.8) is 0 Å². The largest absolute Gasteiger partial charge is 0.469 e. The maximum atomic E-state index is 5.32. The lowest BCUT2D eigenvalue weighted by atomic mass is 10.2. The molecule has 1 unspecified atom stereocenters. The highest BCUT2D eigenvalue weighted by Gasteiger charge is 2.13. The molecule has 4 nitrogen and oxygen atoms in total. The van der Waals surface area contributed by atoms with Gasteiger partial charge in [-0.05, 0) is 26.5 Å². The van der Waals surface area contributed by atoms with E-state index in [1.165, 1.54) is 10.4 Å². The van der Waals surface area contributed by atoms with Gasteiger partial charge in [0.1, 0.15) is 5.76 Å². The van der Waals surface area contributed by atoms with Gasteiger partial charge in [-0.1, -0.05) is 6.92 Å². The first-order valence-corrected chi connectivity index (χ1v) is 7.36. The van der Waals surface area contributed by atoms with Crippen molar-refractivity contribution in [3.05, 3.63) is 34.7 Å². The molecule has 0 aliphatic heterocycles. The van der Waals surface area contributed by atoms with Crippen LogP contribution >= 0.6 is 11.3 Å². The lowest BCUT2D eigenvalue weighted by molar-refractivity contribution is 0.529. The van der Waals surface area contributed by atoms with E-state index >= 15 is 0 Å². The van der Waals surface area contributed by atoms with Crippen LogP contribution in [0.15, 0.2) is 22.9 Å². The summed E-state index contributed by atoms with van der Waals surface area (Å²) in [5.41, 5.74) is 1.21. The zero-order chi connectivity index (χ0) is 13.8. The molecular formula is C14H21N3OS. The molecule has 2 aromatic rings. The number of hydrogen-bond acceptors (Lipinski definition) is 5. The fraction of sp³-hybridized carbons (Fsp3) is 0.500. The summed E-state index contributed by atoms with van der Waals surface area (Å²) in [5.74, 6) is 0.977. The van der Waals surface area contributed by atoms with Crippen LogP contribution in [0.2, 0.25) is 0 Å². The number of nitrogens with zero attached hydrogens (tertiary/aromatic N) is 2. The van der Waals surface area contributed by atoms with Crippen LogP contribution in [0.1, 0.15) is 36.1 Å². The average Bonchev–Trinajstić information content (AvgIpc) is 2.99. The van der Waals surface area contributed by atoms with E-state index in [0.29, 0.717) is 6.04 Å². The van der Waals surface area contributed by atoms with Crippen LogP contribution < -0.4 is 10.2 Å². The van der Waals surface area contributed by atoms with Crippen molar-refractivity contribution in [1.82, 2.24) is 10.3 Å². The van der Waals surface area contributed by atoms with E-state index in [4.69, 9.17) is 4.42 Å². The van der Waals surface area contributed by atoms with E-state index in [9.17, 15) is 0 Å². The number of anilines is 1. The molecule has 2 rings (SSSR count). The number of furan rings is 1. The summed E-state index contributed by atoms with van der Waals surface area (Å²) >= 11 is 1.74. The molecule has 0 spiro atoms. The summed E-state index contributed by atoms with van der Waals surface area (Å²) in [6, 6.07) is 2.38. The topological polar surface area (TPSA) is 41.3 Å². The Kier molecular flexibility index (Phi) is 4.61. The summed E-state index contributed by atoms with van der Waals surface area (Å²) in [5, 5.41) is 4.45. The van der Waals surface area contributed by atoms with E-state index in [1.807, 2.05) is 19.2 Å². The van der Waals surface area contributed by atoms with Gasteiger partial charge in [0.25, 0.3) is 0 Å². The van der Waals surface area contributed by atoms with Crippen LogP contribution in [0.25, 0.3) is 0 Å². The number of aromatic nitrogens is 1. The van der Waals surface area contributed by atoms with Gasteiger partial charge in [-0.3, -0.25) is 0 Å². The van der Waals surface area contributed by atoms with Gasteiger partial charge in [0.05, 0.1) is 6.26 Å². The number of hydrogen-bond donors (Lipinski definition) is 1. The molecule has 0 fully saturated rings. The van der Waals surface area contributed by atoms with Crippen LogP contribution in [0.4, 0.5) is 5.13 Å². The Morgan fingerprint density at radius 2 is 2.32 bits per heavy atom. The summed E-state index contributed by atoms with van der Waals surface area (Å²) in [7, 11) is 2.06. The Balaban J connectivity index is 2.04. The number of thiazole rings is 1. The zero-order valence-electron chi connectivity index (χ0n) is 11.9. The summed E-state index contributed by atoms with van der Waals surface area (Å²) in [6.07, 6.45) is 3.70. The summed E-state index contributed by atoms with van der Waals surface area (Å²) < 4.78 is 5.32. The third-order valence-corrected chi connectivity index (χ3v) is 4.44. The molecule has 0 saturated heterocycles. The van der Waals surface area contributed by atoms with Gasteiger partial charge in [-0.2, -0.15) is 0 Å². The number of aryl methyl sites for hydroxylation is 1. The van der Waals surface area contributed by atoms with Crippen LogP contribution in [0.3, 0.4) is 0 Å². The molecule has 2 heterocycles. The normalized spacial score (nSPS) is 12.6. The maximum absolute atomic E-state index is 5.32. The minimum absolute atomic E-state index is 0.361. The molecule has 19 heavy (non-hydrogen) atoms. The smallest absolute Gasteiger partial charge is 0.185 e. The molecule has 0 radical (unpaired) electrons. The Hall–Kier alpha value is -1.33. The summed E-state index contributed by atoms with van der Waals surface area (Å²) in [6.45, 7) is 8.07. The average molecular weight is 279 g/mol. The SMILES string of the molecule is CCNC(C)c1cnc(N(C)Cc2ccoc2C)s1. The van der Waals surface area contributed by atoms with Crippen LogP contribution in [0.5, 0.6) is 0 Å². The third kappa shape index (κ3) is 3.36. The molecule has 0 aromatic carbocycles. The zero-order valence-corrected chi connectivity index (χ0v) is 12.8. The Bertz CT molecular complexity index is 520. The van der Waals surface area contributed by atoms with Gasteiger partial charge < -0.3 is 14.6 Å². The van der Waals surface area contributed by atoms with Gasteiger partial charge in [0, 0.05) is 36.3 Å². The molecule has 1 N–H and O–H groups in total. The van der Waals surface area contributed by atoms with Crippen molar-refractivity contribution < 1.29 is 4.42 Å². The van der Waals surface area contributed by atoms with Crippen molar-refractivity contribution in [2.45, 2.75) is 33.4 Å². The molecule has 0 saturated carbocycles. The summed E-state index contributed by atoms with van der Waals surface area (Å²) in [4.78, 5) is 7.93. The van der Waals surface area contributed by atoms with Crippen molar-refractivity contribution in [2.24, 2.45) is 0 Å². The standard InChI is InChI=1S/C14H21N3OS/c1-5-15-10(2)13-8-16-14(19-13)17(4)9-12-6-7-18-11(12)3/h6-8,10,15H,5,9H2,1-4H3. The first-order valence-electron chi connectivity index (χ1n) is 6.55. The van der Waals surface area contributed by atoms with Gasteiger partial charge in [-0.25, -0.2) is 4.98 Å². The van der Waals surface area contributed by atoms with Gasteiger partial charge in [-0.15, -0.1) is 11.3 Å². The second-order valence-corrected chi connectivity index (χ2v) is 5.72. The molecule has 0 amide bonds. The molecule has 0 aliphatic rings. The molecule has 1 atom stereocenters. The highest BCUT2D eigenvalue weighted by atomic mass is 32.1. The van der Waals surface area contributed by atoms with E-state index in [-0.39, 0.29) is 0 Å².